The Kier molecular flexibility index (Phi) is 8.01. The Morgan fingerprint density at radius 1 is 1.18 bits per heavy atom. The van der Waals surface area contributed by atoms with E-state index >= 15 is 0 Å². The number of likely N-dealkylation sites (tertiary alicyclic amines) is 1. The number of carbonyl (C=O) groups is 1. The fourth-order valence-corrected chi connectivity index (χ4v) is 2.14. The van der Waals surface area contributed by atoms with Crippen LogP contribution in [-0.4, -0.2) is 50.7 Å². The van der Waals surface area contributed by atoms with E-state index in [1.165, 1.54) is 25.7 Å². The topological polar surface area (TPSA) is 41.6 Å². The van der Waals surface area contributed by atoms with E-state index in [0.717, 1.165) is 39.2 Å². The normalized spacial score (nSPS) is 16.9. The minimum atomic E-state index is 0.311. The molecule has 1 aliphatic heterocycles. The van der Waals surface area contributed by atoms with Crippen LogP contribution < -0.4 is 5.32 Å². The van der Waals surface area contributed by atoms with Crippen LogP contribution >= 0.6 is 0 Å². The second-order valence-electron chi connectivity index (χ2n) is 4.64. The van der Waals surface area contributed by atoms with Gasteiger partial charge in [0, 0.05) is 39.8 Å². The van der Waals surface area contributed by atoms with Gasteiger partial charge in [-0.2, -0.15) is 0 Å². The van der Waals surface area contributed by atoms with Crippen molar-refractivity contribution in [1.29, 1.82) is 0 Å². The number of carbonyl (C=O) groups excluding carboxylic acids is 1. The highest BCUT2D eigenvalue weighted by Crippen LogP contribution is 2.10. The first-order valence-corrected chi connectivity index (χ1v) is 6.82. The summed E-state index contributed by atoms with van der Waals surface area (Å²) in [6, 6.07) is 0. The lowest BCUT2D eigenvalue weighted by atomic mass is 10.2. The summed E-state index contributed by atoms with van der Waals surface area (Å²) in [6.45, 7) is 4.43. The average Bonchev–Trinajstić information content (AvgIpc) is 2.62. The Balaban J connectivity index is 2.03. The van der Waals surface area contributed by atoms with E-state index in [1.54, 1.807) is 7.11 Å². The lowest BCUT2D eigenvalue weighted by Gasteiger charge is -2.20. The molecule has 1 aliphatic rings. The molecule has 0 unspecified atom stereocenters. The fraction of sp³-hybridized carbons (Fsp3) is 0.923. The molecule has 0 radical (unpaired) electrons. The number of amides is 1. The fourth-order valence-electron chi connectivity index (χ4n) is 2.14. The molecule has 100 valence electrons. The van der Waals surface area contributed by atoms with E-state index < -0.39 is 0 Å². The summed E-state index contributed by atoms with van der Waals surface area (Å²) in [6.07, 6.45) is 6.54. The first-order chi connectivity index (χ1) is 8.34. The van der Waals surface area contributed by atoms with Crippen LogP contribution in [0.1, 0.15) is 38.5 Å². The van der Waals surface area contributed by atoms with Crippen LogP contribution in [-0.2, 0) is 9.53 Å². The molecule has 4 heteroatoms. The molecule has 0 bridgehead atoms. The predicted molar refractivity (Wildman–Crippen MR) is 69.0 cm³/mol. The molecule has 0 atom stereocenters. The van der Waals surface area contributed by atoms with Crippen LogP contribution in [0.4, 0.5) is 0 Å². The van der Waals surface area contributed by atoms with Crippen LogP contribution in [0.2, 0.25) is 0 Å². The van der Waals surface area contributed by atoms with E-state index in [1.807, 2.05) is 4.90 Å². The van der Waals surface area contributed by atoms with Gasteiger partial charge in [-0.1, -0.05) is 12.8 Å². The molecule has 0 spiro atoms. The summed E-state index contributed by atoms with van der Waals surface area (Å²) >= 11 is 0. The first kappa shape index (κ1) is 14.5. The highest BCUT2D eigenvalue weighted by Gasteiger charge is 2.14. The molecule has 1 fully saturated rings. The molecule has 0 aliphatic carbocycles. The first-order valence-electron chi connectivity index (χ1n) is 6.82. The van der Waals surface area contributed by atoms with Crippen molar-refractivity contribution in [2.75, 3.05) is 39.9 Å². The van der Waals surface area contributed by atoms with Gasteiger partial charge in [-0.25, -0.2) is 0 Å². The van der Waals surface area contributed by atoms with E-state index in [0.29, 0.717) is 12.3 Å². The maximum atomic E-state index is 11.9. The van der Waals surface area contributed by atoms with Crippen LogP contribution in [0.3, 0.4) is 0 Å². The van der Waals surface area contributed by atoms with Crippen molar-refractivity contribution >= 4 is 5.91 Å². The summed E-state index contributed by atoms with van der Waals surface area (Å²) in [5.41, 5.74) is 0. The maximum Gasteiger partial charge on any atom is 0.223 e. The molecule has 1 amide bonds. The van der Waals surface area contributed by atoms with E-state index in [4.69, 9.17) is 4.74 Å². The van der Waals surface area contributed by atoms with Gasteiger partial charge in [0.05, 0.1) is 0 Å². The van der Waals surface area contributed by atoms with Crippen molar-refractivity contribution in [2.24, 2.45) is 0 Å². The standard InChI is InChI=1S/C13H26N2O2/c1-17-12-6-8-14-9-7-13(16)15-10-4-2-3-5-11-15/h14H,2-12H2,1H3. The number of methoxy groups -OCH3 is 1. The second-order valence-corrected chi connectivity index (χ2v) is 4.64. The maximum absolute atomic E-state index is 11.9. The predicted octanol–water partition coefficient (Wildman–Crippen LogP) is 1.41. The number of rotatable bonds is 7. The third-order valence-corrected chi connectivity index (χ3v) is 3.18. The molecular formula is C13H26N2O2. The van der Waals surface area contributed by atoms with Gasteiger partial charge in [-0.05, 0) is 25.8 Å². The van der Waals surface area contributed by atoms with Crippen molar-refractivity contribution in [3.63, 3.8) is 0 Å². The molecule has 1 rings (SSSR count). The molecule has 1 saturated heterocycles. The van der Waals surface area contributed by atoms with Crippen molar-refractivity contribution in [3.05, 3.63) is 0 Å². The van der Waals surface area contributed by atoms with Crippen LogP contribution in [0, 0.1) is 0 Å². The van der Waals surface area contributed by atoms with Gasteiger partial charge in [0.1, 0.15) is 0 Å². The van der Waals surface area contributed by atoms with E-state index in [9.17, 15) is 4.79 Å². The summed E-state index contributed by atoms with van der Waals surface area (Å²) < 4.78 is 4.96. The third kappa shape index (κ3) is 6.64. The Morgan fingerprint density at radius 2 is 1.88 bits per heavy atom. The summed E-state index contributed by atoms with van der Waals surface area (Å²) in [4.78, 5) is 13.9. The van der Waals surface area contributed by atoms with Crippen LogP contribution in [0.15, 0.2) is 0 Å². The third-order valence-electron chi connectivity index (χ3n) is 3.18. The number of hydrogen-bond donors (Lipinski definition) is 1. The van der Waals surface area contributed by atoms with Crippen LogP contribution in [0.5, 0.6) is 0 Å². The molecule has 4 nitrogen and oxygen atoms in total. The van der Waals surface area contributed by atoms with E-state index in [-0.39, 0.29) is 0 Å². The monoisotopic (exact) mass is 242 g/mol. The SMILES string of the molecule is COCCCNCCC(=O)N1CCCCCC1. The molecular weight excluding hydrogens is 216 g/mol. The number of nitrogens with zero attached hydrogens (tertiary/aromatic N) is 1. The van der Waals surface area contributed by atoms with Gasteiger partial charge in [-0.15, -0.1) is 0 Å². The zero-order valence-corrected chi connectivity index (χ0v) is 11.0. The second kappa shape index (κ2) is 9.42. The number of nitrogens with one attached hydrogen (secondary N) is 1. The van der Waals surface area contributed by atoms with Crippen molar-refractivity contribution in [1.82, 2.24) is 10.2 Å². The minimum absolute atomic E-state index is 0.311. The largest absolute Gasteiger partial charge is 0.385 e. The molecule has 1 heterocycles. The van der Waals surface area contributed by atoms with Gasteiger partial charge in [0.15, 0.2) is 0 Å². The van der Waals surface area contributed by atoms with E-state index in [2.05, 4.69) is 5.32 Å². The Morgan fingerprint density at radius 3 is 2.53 bits per heavy atom. The van der Waals surface area contributed by atoms with Crippen molar-refractivity contribution in [2.45, 2.75) is 38.5 Å². The minimum Gasteiger partial charge on any atom is -0.385 e. The van der Waals surface area contributed by atoms with Gasteiger partial charge in [0.25, 0.3) is 0 Å². The van der Waals surface area contributed by atoms with Crippen molar-refractivity contribution in [3.8, 4) is 0 Å². The molecule has 0 aromatic heterocycles. The average molecular weight is 242 g/mol. The molecule has 0 saturated carbocycles. The Hall–Kier alpha value is -0.610. The lowest BCUT2D eigenvalue weighted by molar-refractivity contribution is -0.131. The van der Waals surface area contributed by atoms with Gasteiger partial charge in [-0.3, -0.25) is 4.79 Å². The Bertz CT molecular complexity index is 202. The summed E-state index contributed by atoms with van der Waals surface area (Å²) in [5.74, 6) is 0.311. The van der Waals surface area contributed by atoms with Crippen LogP contribution in [0.25, 0.3) is 0 Å². The highest BCUT2D eigenvalue weighted by molar-refractivity contribution is 5.76. The van der Waals surface area contributed by atoms with Crippen molar-refractivity contribution < 1.29 is 9.53 Å². The molecule has 0 aromatic rings. The van der Waals surface area contributed by atoms with Gasteiger partial charge in [0.2, 0.25) is 5.91 Å². The Labute approximate surface area is 105 Å². The number of ether oxygens (including phenoxy) is 1. The quantitative estimate of drug-likeness (QED) is 0.686. The summed E-state index contributed by atoms with van der Waals surface area (Å²) in [7, 11) is 1.71. The van der Waals surface area contributed by atoms with Gasteiger partial charge < -0.3 is 15.0 Å². The highest BCUT2D eigenvalue weighted by atomic mass is 16.5. The van der Waals surface area contributed by atoms with Gasteiger partial charge >= 0.3 is 0 Å². The summed E-state index contributed by atoms with van der Waals surface area (Å²) in [5, 5.41) is 3.28. The molecule has 17 heavy (non-hydrogen) atoms. The zero-order chi connectivity index (χ0) is 12.3. The number of hydrogen-bond acceptors (Lipinski definition) is 3. The zero-order valence-electron chi connectivity index (χ0n) is 11.0. The molecule has 0 aromatic carbocycles. The molecule has 1 N–H and O–H groups in total. The lowest BCUT2D eigenvalue weighted by Crippen LogP contribution is -2.34. The smallest absolute Gasteiger partial charge is 0.223 e.